The van der Waals surface area contributed by atoms with Crippen LogP contribution < -0.4 is 10.0 Å². The molecule has 3 rings (SSSR count). The Bertz CT molecular complexity index is 682. The number of para-hydroxylation sites is 1. The lowest BCUT2D eigenvalue weighted by atomic mass is 9.98. The smallest absolute Gasteiger partial charge is 0.243 e. The largest absolute Gasteiger partial charge is 0.384 e. The third-order valence-corrected chi connectivity index (χ3v) is 4.94. The molecule has 6 nitrogen and oxygen atoms in total. The van der Waals surface area contributed by atoms with Crippen LogP contribution in [-0.2, 0) is 10.0 Å². The molecule has 1 aliphatic heterocycles. The number of nitrogens with zero attached hydrogens (tertiary/aromatic N) is 1. The molecule has 1 unspecified atom stereocenters. The Balaban J connectivity index is 1.59. The number of sulfonamides is 1. The average Bonchev–Trinajstić information content (AvgIpc) is 3.08. The number of anilines is 1. The fourth-order valence-corrected chi connectivity index (χ4v) is 3.40. The second kappa shape index (κ2) is 5.26. The maximum atomic E-state index is 11.9. The van der Waals surface area contributed by atoms with E-state index in [0.29, 0.717) is 12.5 Å². The van der Waals surface area contributed by atoms with Gasteiger partial charge < -0.3 is 5.32 Å². The van der Waals surface area contributed by atoms with Crippen molar-refractivity contribution in [2.45, 2.75) is 17.2 Å². The van der Waals surface area contributed by atoms with Crippen LogP contribution in [0.25, 0.3) is 0 Å². The first-order valence-electron chi connectivity index (χ1n) is 6.48. The molecule has 0 saturated carbocycles. The summed E-state index contributed by atoms with van der Waals surface area (Å²) in [5.41, 5.74) is 2.41. The molecular formula is C13H16N4O2S. The zero-order valence-corrected chi connectivity index (χ0v) is 11.7. The van der Waals surface area contributed by atoms with Crippen molar-refractivity contribution in [1.82, 2.24) is 14.9 Å². The van der Waals surface area contributed by atoms with Crippen molar-refractivity contribution in [2.24, 2.45) is 0 Å². The maximum Gasteiger partial charge on any atom is 0.243 e. The summed E-state index contributed by atoms with van der Waals surface area (Å²) in [5, 5.41) is 9.48. The van der Waals surface area contributed by atoms with Gasteiger partial charge in [-0.3, -0.25) is 5.10 Å². The van der Waals surface area contributed by atoms with E-state index in [2.05, 4.69) is 26.3 Å². The first kappa shape index (κ1) is 13.1. The summed E-state index contributed by atoms with van der Waals surface area (Å²) in [6.07, 6.45) is 3.44. The van der Waals surface area contributed by atoms with Crippen LogP contribution in [0.4, 0.5) is 5.69 Å². The first-order chi connectivity index (χ1) is 9.67. The second-order valence-electron chi connectivity index (χ2n) is 4.79. The molecule has 1 aliphatic rings. The second-order valence-corrected chi connectivity index (χ2v) is 6.55. The van der Waals surface area contributed by atoms with Crippen LogP contribution in [0.2, 0.25) is 0 Å². The average molecular weight is 292 g/mol. The highest BCUT2D eigenvalue weighted by molar-refractivity contribution is 7.89. The molecule has 2 heterocycles. The summed E-state index contributed by atoms with van der Waals surface area (Å²) in [6.45, 7) is 1.26. The highest BCUT2D eigenvalue weighted by Crippen LogP contribution is 2.32. The first-order valence-corrected chi connectivity index (χ1v) is 7.96. The topological polar surface area (TPSA) is 86.9 Å². The molecule has 0 spiro atoms. The minimum atomic E-state index is -3.45. The molecule has 20 heavy (non-hydrogen) atoms. The van der Waals surface area contributed by atoms with Crippen molar-refractivity contribution in [1.29, 1.82) is 0 Å². The Kier molecular flexibility index (Phi) is 3.45. The molecule has 7 heteroatoms. The minimum Gasteiger partial charge on any atom is -0.384 e. The molecule has 0 saturated heterocycles. The van der Waals surface area contributed by atoms with Crippen molar-refractivity contribution in [3.05, 3.63) is 42.2 Å². The fourth-order valence-electron chi connectivity index (χ4n) is 2.45. The van der Waals surface area contributed by atoms with Gasteiger partial charge in [0.1, 0.15) is 4.90 Å². The number of hydrogen-bond acceptors (Lipinski definition) is 4. The van der Waals surface area contributed by atoms with Crippen LogP contribution in [-0.4, -0.2) is 31.7 Å². The molecule has 106 valence electrons. The van der Waals surface area contributed by atoms with Gasteiger partial charge in [-0.25, -0.2) is 13.1 Å². The van der Waals surface area contributed by atoms with Crippen LogP contribution in [0, 0.1) is 0 Å². The lowest BCUT2D eigenvalue weighted by molar-refractivity contribution is 0.572. The van der Waals surface area contributed by atoms with Gasteiger partial charge in [-0.05, 0) is 18.1 Å². The van der Waals surface area contributed by atoms with Gasteiger partial charge in [0, 0.05) is 30.9 Å². The normalized spacial score (nSPS) is 17.7. The predicted molar refractivity (Wildman–Crippen MR) is 76.1 cm³/mol. The van der Waals surface area contributed by atoms with E-state index in [1.54, 1.807) is 0 Å². The highest BCUT2D eigenvalue weighted by Gasteiger charge is 2.22. The molecule has 1 aromatic carbocycles. The van der Waals surface area contributed by atoms with Gasteiger partial charge in [0.15, 0.2) is 0 Å². The quantitative estimate of drug-likeness (QED) is 0.775. The molecule has 3 N–H and O–H groups in total. The molecule has 0 amide bonds. The highest BCUT2D eigenvalue weighted by atomic mass is 32.2. The third-order valence-electron chi connectivity index (χ3n) is 3.51. The lowest BCUT2D eigenvalue weighted by Gasteiger charge is -2.10. The van der Waals surface area contributed by atoms with Crippen LogP contribution >= 0.6 is 0 Å². The maximum absolute atomic E-state index is 11.9. The Labute approximate surface area is 117 Å². The predicted octanol–water partition coefficient (Wildman–Crippen LogP) is 1.29. The van der Waals surface area contributed by atoms with E-state index in [0.717, 1.165) is 18.7 Å². The summed E-state index contributed by atoms with van der Waals surface area (Å²) < 4.78 is 26.5. The summed E-state index contributed by atoms with van der Waals surface area (Å²) in [4.78, 5) is 0.169. The van der Waals surface area contributed by atoms with Crippen molar-refractivity contribution in [3.8, 4) is 0 Å². The van der Waals surface area contributed by atoms with Crippen LogP contribution in [0.15, 0.2) is 41.6 Å². The Morgan fingerprint density at radius 1 is 1.35 bits per heavy atom. The van der Waals surface area contributed by atoms with E-state index < -0.39 is 10.0 Å². The van der Waals surface area contributed by atoms with Crippen molar-refractivity contribution in [3.63, 3.8) is 0 Å². The lowest BCUT2D eigenvalue weighted by Crippen LogP contribution is -2.26. The molecule has 0 radical (unpaired) electrons. The van der Waals surface area contributed by atoms with E-state index in [1.165, 1.54) is 18.0 Å². The van der Waals surface area contributed by atoms with Gasteiger partial charge in [-0.1, -0.05) is 18.2 Å². The standard InChI is InChI=1S/C13H16N4O2S/c18-20(19,11-8-15-16-9-11)17-6-5-10-7-14-13-4-2-1-3-12(10)13/h1-4,8-10,14,17H,5-7H2,(H,15,16). The SMILES string of the molecule is O=S(=O)(NCCC1CNc2ccccc21)c1cn[nH]c1. The summed E-state index contributed by atoms with van der Waals surface area (Å²) in [7, 11) is -3.45. The van der Waals surface area contributed by atoms with Gasteiger partial charge in [0.05, 0.1) is 6.20 Å². The monoisotopic (exact) mass is 292 g/mol. The van der Waals surface area contributed by atoms with Crippen molar-refractivity contribution in [2.75, 3.05) is 18.4 Å². The summed E-state index contributed by atoms with van der Waals surface area (Å²) >= 11 is 0. The van der Waals surface area contributed by atoms with Crippen LogP contribution in [0.3, 0.4) is 0 Å². The number of H-pyrrole nitrogens is 1. The molecule has 1 atom stereocenters. The molecule has 2 aromatic rings. The van der Waals surface area contributed by atoms with E-state index >= 15 is 0 Å². The number of hydrogen-bond donors (Lipinski definition) is 3. The van der Waals surface area contributed by atoms with Crippen LogP contribution in [0.1, 0.15) is 17.9 Å². The number of nitrogens with one attached hydrogen (secondary N) is 3. The number of aromatic amines is 1. The van der Waals surface area contributed by atoms with E-state index in [4.69, 9.17) is 0 Å². The van der Waals surface area contributed by atoms with Gasteiger partial charge in [-0.15, -0.1) is 0 Å². The Hall–Kier alpha value is -1.86. The molecule has 0 aliphatic carbocycles. The molecule has 0 bridgehead atoms. The fraction of sp³-hybridized carbons (Fsp3) is 0.308. The minimum absolute atomic E-state index is 0.169. The van der Waals surface area contributed by atoms with Gasteiger partial charge >= 0.3 is 0 Å². The number of aromatic nitrogens is 2. The zero-order chi connectivity index (χ0) is 14.0. The van der Waals surface area contributed by atoms with Gasteiger partial charge in [0.2, 0.25) is 10.0 Å². The summed E-state index contributed by atoms with van der Waals surface area (Å²) in [5.74, 6) is 0.346. The number of benzene rings is 1. The number of rotatable bonds is 5. The molecule has 1 aromatic heterocycles. The third kappa shape index (κ3) is 2.54. The van der Waals surface area contributed by atoms with Crippen LogP contribution in [0.5, 0.6) is 0 Å². The summed E-state index contributed by atoms with van der Waals surface area (Å²) in [6, 6.07) is 8.14. The Morgan fingerprint density at radius 2 is 2.20 bits per heavy atom. The number of fused-ring (bicyclic) bond motifs is 1. The van der Waals surface area contributed by atoms with E-state index in [9.17, 15) is 8.42 Å². The van der Waals surface area contributed by atoms with Crippen molar-refractivity contribution >= 4 is 15.7 Å². The zero-order valence-electron chi connectivity index (χ0n) is 10.8. The van der Waals surface area contributed by atoms with E-state index in [1.807, 2.05) is 18.2 Å². The molecular weight excluding hydrogens is 276 g/mol. The van der Waals surface area contributed by atoms with Gasteiger partial charge in [0.25, 0.3) is 0 Å². The molecule has 0 fully saturated rings. The van der Waals surface area contributed by atoms with E-state index in [-0.39, 0.29) is 4.90 Å². The van der Waals surface area contributed by atoms with Gasteiger partial charge in [-0.2, -0.15) is 5.10 Å². The van der Waals surface area contributed by atoms with Crippen molar-refractivity contribution < 1.29 is 8.42 Å². The Morgan fingerprint density at radius 3 is 3.00 bits per heavy atom.